The number of hydrogen-bond acceptors (Lipinski definition) is 4. The highest BCUT2D eigenvalue weighted by Crippen LogP contribution is 2.44. The number of benzene rings is 8. The molecule has 0 N–H and O–H groups in total. The molecule has 0 atom stereocenters. The molecule has 0 radical (unpaired) electrons. The van der Waals surface area contributed by atoms with Crippen LogP contribution in [0.5, 0.6) is 0 Å². The molecule has 0 aliphatic heterocycles. The lowest BCUT2D eigenvalue weighted by atomic mass is 9.99. The smallest absolute Gasteiger partial charge is 0.164 e. The van der Waals surface area contributed by atoms with Crippen molar-refractivity contribution in [3.05, 3.63) is 182 Å². The predicted molar refractivity (Wildman–Crippen MR) is 221 cm³/mol. The van der Waals surface area contributed by atoms with Gasteiger partial charge in [0.25, 0.3) is 0 Å². The summed E-state index contributed by atoms with van der Waals surface area (Å²) in [6.07, 6.45) is 0. The summed E-state index contributed by atoms with van der Waals surface area (Å²) >= 11 is 0. The van der Waals surface area contributed by atoms with Crippen LogP contribution in [0.15, 0.2) is 186 Å². The van der Waals surface area contributed by atoms with Gasteiger partial charge in [0, 0.05) is 38.2 Å². The van der Waals surface area contributed by atoms with E-state index in [2.05, 4.69) is 114 Å². The van der Waals surface area contributed by atoms with Crippen LogP contribution in [-0.4, -0.2) is 19.5 Å². The van der Waals surface area contributed by atoms with E-state index in [0.717, 1.165) is 66.5 Å². The van der Waals surface area contributed by atoms with Crippen LogP contribution < -0.4 is 0 Å². The van der Waals surface area contributed by atoms with Crippen LogP contribution in [-0.2, 0) is 0 Å². The molecular weight excluding hydrogens is 661 g/mol. The summed E-state index contributed by atoms with van der Waals surface area (Å²) in [4.78, 5) is 15.2. The summed E-state index contributed by atoms with van der Waals surface area (Å²) in [6.45, 7) is 0. The van der Waals surface area contributed by atoms with Crippen LogP contribution in [0.4, 0.5) is 0 Å². The topological polar surface area (TPSA) is 56.7 Å². The Morgan fingerprint density at radius 1 is 0.389 bits per heavy atom. The highest BCUT2D eigenvalue weighted by Gasteiger charge is 2.23. The maximum Gasteiger partial charge on any atom is 0.164 e. The molecule has 0 saturated carbocycles. The summed E-state index contributed by atoms with van der Waals surface area (Å²) in [5.41, 5.74) is 9.73. The van der Waals surface area contributed by atoms with Gasteiger partial charge in [-0.1, -0.05) is 146 Å². The fourth-order valence-electron chi connectivity index (χ4n) is 7.90. The molecule has 252 valence electrons. The maximum absolute atomic E-state index is 6.98. The van der Waals surface area contributed by atoms with E-state index in [0.29, 0.717) is 17.5 Å². The second-order valence-electron chi connectivity index (χ2n) is 13.6. The SMILES string of the molecule is c1ccc(-c2cc(-n3c4ccccc4c4cc5ccccc5cc43)c3oc4cccc(-c5nc(-c6ccccc6)nc(-c6ccccc6)n5)c4c3c2)cc1. The van der Waals surface area contributed by atoms with Crippen molar-refractivity contribution in [2.45, 2.75) is 0 Å². The van der Waals surface area contributed by atoms with E-state index in [1.807, 2.05) is 72.8 Å². The van der Waals surface area contributed by atoms with Crippen molar-refractivity contribution in [2.24, 2.45) is 0 Å². The molecule has 3 aromatic heterocycles. The first-order chi connectivity index (χ1) is 26.8. The van der Waals surface area contributed by atoms with Crippen molar-refractivity contribution in [3.63, 3.8) is 0 Å². The molecular formula is C49H30N4O. The number of rotatable bonds is 5. The fourth-order valence-corrected chi connectivity index (χ4v) is 7.90. The zero-order valence-corrected chi connectivity index (χ0v) is 29.0. The second-order valence-corrected chi connectivity index (χ2v) is 13.6. The van der Waals surface area contributed by atoms with E-state index in [1.165, 1.54) is 21.5 Å². The molecule has 0 unspecified atom stereocenters. The molecule has 8 aromatic carbocycles. The summed E-state index contributed by atoms with van der Waals surface area (Å²) in [6, 6.07) is 63.3. The minimum atomic E-state index is 0.589. The lowest BCUT2D eigenvalue weighted by molar-refractivity contribution is 0.666. The van der Waals surface area contributed by atoms with Crippen LogP contribution >= 0.6 is 0 Å². The Kier molecular flexibility index (Phi) is 6.79. The van der Waals surface area contributed by atoms with Gasteiger partial charge >= 0.3 is 0 Å². The number of nitrogens with zero attached hydrogens (tertiary/aromatic N) is 4. The first-order valence-electron chi connectivity index (χ1n) is 18.1. The van der Waals surface area contributed by atoms with Gasteiger partial charge in [-0.3, -0.25) is 0 Å². The van der Waals surface area contributed by atoms with Crippen LogP contribution in [0.3, 0.4) is 0 Å². The van der Waals surface area contributed by atoms with Gasteiger partial charge in [-0.2, -0.15) is 0 Å². The lowest BCUT2D eigenvalue weighted by Gasteiger charge is -2.12. The average Bonchev–Trinajstić information content (AvgIpc) is 3.79. The molecule has 0 fully saturated rings. The van der Waals surface area contributed by atoms with E-state index < -0.39 is 0 Å². The first-order valence-corrected chi connectivity index (χ1v) is 18.1. The highest BCUT2D eigenvalue weighted by atomic mass is 16.3. The molecule has 5 heteroatoms. The Balaban J connectivity index is 1.25. The van der Waals surface area contributed by atoms with Gasteiger partial charge in [-0.15, -0.1) is 0 Å². The summed E-state index contributed by atoms with van der Waals surface area (Å²) in [7, 11) is 0. The number of hydrogen-bond donors (Lipinski definition) is 0. The minimum absolute atomic E-state index is 0.589. The van der Waals surface area contributed by atoms with Crippen molar-refractivity contribution in [3.8, 4) is 51.0 Å². The molecule has 0 aliphatic rings. The molecule has 0 saturated heterocycles. The molecule has 0 aliphatic carbocycles. The standard InChI is InChI=1S/C49H30N4O/c1-4-15-31(16-5-1)36-28-40-45-38(49-51-47(32-17-6-2-7-18-32)50-48(52-49)33-19-8-3-9-20-33)24-14-26-44(45)54-46(40)43(30-36)53-41-25-13-12-23-37(41)39-27-34-21-10-11-22-35(34)29-42(39)53/h1-30H. The van der Waals surface area contributed by atoms with Gasteiger partial charge in [0.15, 0.2) is 23.1 Å². The van der Waals surface area contributed by atoms with Gasteiger partial charge in [0.1, 0.15) is 5.58 Å². The predicted octanol–water partition coefficient (Wildman–Crippen LogP) is 12.7. The van der Waals surface area contributed by atoms with Gasteiger partial charge in [0.2, 0.25) is 0 Å². The van der Waals surface area contributed by atoms with Gasteiger partial charge in [-0.25, -0.2) is 15.0 Å². The Morgan fingerprint density at radius 3 is 1.69 bits per heavy atom. The molecule has 5 nitrogen and oxygen atoms in total. The lowest BCUT2D eigenvalue weighted by Crippen LogP contribution is -2.00. The molecule has 0 amide bonds. The van der Waals surface area contributed by atoms with Crippen LogP contribution in [0, 0.1) is 0 Å². The summed E-state index contributed by atoms with van der Waals surface area (Å²) in [5.74, 6) is 1.82. The van der Waals surface area contributed by atoms with E-state index in [-0.39, 0.29) is 0 Å². The quantitative estimate of drug-likeness (QED) is 0.180. The Morgan fingerprint density at radius 2 is 0.981 bits per heavy atom. The minimum Gasteiger partial charge on any atom is -0.454 e. The zero-order chi connectivity index (χ0) is 35.6. The van der Waals surface area contributed by atoms with Crippen LogP contribution in [0.25, 0.3) is 105 Å². The molecule has 0 bridgehead atoms. The van der Waals surface area contributed by atoms with Crippen molar-refractivity contribution >= 4 is 54.5 Å². The molecule has 11 aromatic rings. The van der Waals surface area contributed by atoms with E-state index in [4.69, 9.17) is 19.4 Å². The van der Waals surface area contributed by atoms with Gasteiger partial charge in [0.05, 0.1) is 16.7 Å². The number of para-hydroxylation sites is 1. The summed E-state index contributed by atoms with van der Waals surface area (Å²) < 4.78 is 9.36. The number of aromatic nitrogens is 4. The zero-order valence-electron chi connectivity index (χ0n) is 29.0. The van der Waals surface area contributed by atoms with Crippen LogP contribution in [0.1, 0.15) is 0 Å². The van der Waals surface area contributed by atoms with E-state index in [9.17, 15) is 0 Å². The Bertz CT molecular complexity index is 3140. The van der Waals surface area contributed by atoms with Gasteiger partial charge in [-0.05, 0) is 58.3 Å². The fraction of sp³-hybridized carbons (Fsp3) is 0. The third-order valence-corrected chi connectivity index (χ3v) is 10.4. The number of fused-ring (bicyclic) bond motifs is 7. The largest absolute Gasteiger partial charge is 0.454 e. The monoisotopic (exact) mass is 690 g/mol. The third kappa shape index (κ3) is 4.83. The first kappa shape index (κ1) is 30.3. The molecule has 11 rings (SSSR count). The Labute approximate surface area is 310 Å². The van der Waals surface area contributed by atoms with Crippen molar-refractivity contribution in [1.29, 1.82) is 0 Å². The maximum atomic E-state index is 6.98. The van der Waals surface area contributed by atoms with E-state index in [1.54, 1.807) is 0 Å². The molecule has 54 heavy (non-hydrogen) atoms. The third-order valence-electron chi connectivity index (χ3n) is 10.4. The van der Waals surface area contributed by atoms with Crippen LogP contribution in [0.2, 0.25) is 0 Å². The average molecular weight is 691 g/mol. The second kappa shape index (κ2) is 12.1. The molecule has 3 heterocycles. The molecule has 0 spiro atoms. The normalized spacial score (nSPS) is 11.7. The van der Waals surface area contributed by atoms with Gasteiger partial charge < -0.3 is 8.98 Å². The summed E-state index contributed by atoms with van der Waals surface area (Å²) in [5, 5.41) is 6.75. The highest BCUT2D eigenvalue weighted by molar-refractivity contribution is 6.18. The van der Waals surface area contributed by atoms with Crippen molar-refractivity contribution in [1.82, 2.24) is 19.5 Å². The van der Waals surface area contributed by atoms with Crippen molar-refractivity contribution < 1.29 is 4.42 Å². The number of furan rings is 1. The Hall–Kier alpha value is -7.37. The van der Waals surface area contributed by atoms with Crippen molar-refractivity contribution in [2.75, 3.05) is 0 Å². The van der Waals surface area contributed by atoms with E-state index >= 15 is 0 Å².